The van der Waals surface area contributed by atoms with E-state index in [0.717, 1.165) is 10.4 Å². The van der Waals surface area contributed by atoms with E-state index < -0.39 is 57.7 Å². The van der Waals surface area contributed by atoms with Crippen molar-refractivity contribution >= 4 is 38.8 Å². The second-order valence-electron chi connectivity index (χ2n) is 16.3. The van der Waals surface area contributed by atoms with Crippen molar-refractivity contribution < 1.29 is 37.8 Å². The van der Waals surface area contributed by atoms with Gasteiger partial charge in [-0.05, 0) is 51.8 Å². The third-order valence-corrected chi connectivity index (χ3v) is 20.4. The molecule has 0 spiro atoms. The van der Waals surface area contributed by atoms with Gasteiger partial charge in [0.1, 0.15) is 11.7 Å². The van der Waals surface area contributed by atoms with Gasteiger partial charge in [-0.3, -0.25) is 4.79 Å². The van der Waals surface area contributed by atoms with E-state index in [1.165, 1.54) is 7.11 Å². The van der Waals surface area contributed by atoms with Crippen molar-refractivity contribution in [3.05, 3.63) is 108 Å². The molecule has 8 nitrogen and oxygen atoms in total. The molecule has 274 valence electrons. The summed E-state index contributed by atoms with van der Waals surface area (Å²) in [5.74, 6) is -1.73. The molecule has 0 amide bonds. The van der Waals surface area contributed by atoms with Crippen LogP contribution in [0.2, 0.25) is 23.2 Å². The van der Waals surface area contributed by atoms with Crippen LogP contribution in [0.3, 0.4) is 0 Å². The summed E-state index contributed by atoms with van der Waals surface area (Å²) < 4.78 is 32.3. The predicted molar refractivity (Wildman–Crippen MR) is 204 cm³/mol. The van der Waals surface area contributed by atoms with E-state index in [2.05, 4.69) is 78.9 Å². The molecule has 3 aromatic rings. The quantitative estimate of drug-likeness (QED) is 0.178. The molecular weight excluding hydrogens is 677 g/mol. The number of methoxy groups -OCH3 is 1. The van der Waals surface area contributed by atoms with Crippen LogP contribution in [0.25, 0.3) is 0 Å². The Labute approximate surface area is 305 Å². The summed E-state index contributed by atoms with van der Waals surface area (Å²) in [5.41, 5.74) is -1.18. The third kappa shape index (κ3) is 7.93. The standard InChI is InChI=1S/C41H54O8Si2/c1-39(2,3)50(8,9)46-27-34-36-32(25-35(45-7)48-34)33(42)26-41(44,37(36)49-38(43)29-19-13-10-14-20-29)28-47-51(40(4,5)6,30-21-15-11-16-22-30)31-23-17-12-18-24-31/h10-25,34-37,44H,26-28H2,1-9H3/t34-,35+,36+,37+,41?/m1/s1. The summed E-state index contributed by atoms with van der Waals surface area (Å²) in [6, 6.07) is 28.9. The summed E-state index contributed by atoms with van der Waals surface area (Å²) >= 11 is 0. The number of ketones is 1. The summed E-state index contributed by atoms with van der Waals surface area (Å²) in [7, 11) is -3.94. The Morgan fingerprint density at radius 3 is 1.86 bits per heavy atom. The number of rotatable bonds is 11. The average Bonchev–Trinajstić information content (AvgIpc) is 3.09. The lowest BCUT2D eigenvalue weighted by atomic mass is 9.69. The SMILES string of the molecule is CO[C@@H]1C=C2C(=O)CC(O)(CO[Si](c3ccccc3)(c3ccccc3)C(C)(C)C)[C@@H](OC(=O)c3ccccc3)[C@@H]2[C@@H](CO[Si](C)(C)C(C)(C)C)O1. The fourth-order valence-corrected chi connectivity index (χ4v) is 12.7. The number of hydrogen-bond donors (Lipinski definition) is 1. The molecule has 1 fully saturated rings. The van der Waals surface area contributed by atoms with Gasteiger partial charge in [-0.25, -0.2) is 4.79 Å². The number of carbonyl (C=O) groups is 2. The molecule has 0 aromatic heterocycles. The highest BCUT2D eigenvalue weighted by Crippen LogP contribution is 2.45. The van der Waals surface area contributed by atoms with Crippen LogP contribution in [-0.2, 0) is 27.9 Å². The largest absolute Gasteiger partial charge is 0.455 e. The van der Waals surface area contributed by atoms with Gasteiger partial charge in [0.2, 0.25) is 0 Å². The van der Waals surface area contributed by atoms with Crippen molar-refractivity contribution in [3.8, 4) is 0 Å². The van der Waals surface area contributed by atoms with E-state index in [1.807, 2.05) is 42.5 Å². The maximum Gasteiger partial charge on any atom is 0.338 e. The second-order valence-corrected chi connectivity index (χ2v) is 25.5. The molecule has 5 rings (SSSR count). The van der Waals surface area contributed by atoms with Crippen LogP contribution < -0.4 is 10.4 Å². The zero-order chi connectivity index (χ0) is 37.2. The highest BCUT2D eigenvalue weighted by Gasteiger charge is 2.59. The molecule has 1 aliphatic carbocycles. The lowest BCUT2D eigenvalue weighted by molar-refractivity contribution is -0.203. The summed E-state index contributed by atoms with van der Waals surface area (Å²) in [6.45, 7) is 17.1. The van der Waals surface area contributed by atoms with E-state index in [0.29, 0.717) is 11.1 Å². The molecule has 10 heteroatoms. The first-order valence-electron chi connectivity index (χ1n) is 17.7. The molecule has 1 unspecified atom stereocenters. The Kier molecular flexibility index (Phi) is 11.5. The molecule has 0 saturated heterocycles. The van der Waals surface area contributed by atoms with Crippen LogP contribution in [0.1, 0.15) is 58.3 Å². The van der Waals surface area contributed by atoms with Crippen molar-refractivity contribution in [1.29, 1.82) is 0 Å². The van der Waals surface area contributed by atoms with Crippen LogP contribution >= 0.6 is 0 Å². The Balaban J connectivity index is 1.62. The van der Waals surface area contributed by atoms with E-state index >= 15 is 0 Å². The van der Waals surface area contributed by atoms with Gasteiger partial charge in [0.05, 0.1) is 30.8 Å². The first-order chi connectivity index (χ1) is 23.9. The minimum atomic E-state index is -3.17. The molecule has 1 saturated carbocycles. The number of hydrogen-bond acceptors (Lipinski definition) is 8. The topological polar surface area (TPSA) is 101 Å². The molecule has 3 aromatic carbocycles. The lowest BCUT2D eigenvalue weighted by Gasteiger charge is -2.51. The van der Waals surface area contributed by atoms with Gasteiger partial charge < -0.3 is 28.2 Å². The number of fused-ring (bicyclic) bond motifs is 1. The Hall–Kier alpha value is -3.23. The zero-order valence-electron chi connectivity index (χ0n) is 31.5. The molecule has 0 bridgehead atoms. The Bertz CT molecular complexity index is 1640. The van der Waals surface area contributed by atoms with Crippen molar-refractivity contribution in [3.63, 3.8) is 0 Å². The molecule has 1 aliphatic heterocycles. The van der Waals surface area contributed by atoms with Crippen LogP contribution in [0.5, 0.6) is 0 Å². The van der Waals surface area contributed by atoms with Crippen LogP contribution in [0.15, 0.2) is 103 Å². The monoisotopic (exact) mass is 730 g/mol. The third-order valence-electron chi connectivity index (χ3n) is 10.9. The fourth-order valence-electron chi connectivity index (χ4n) is 7.05. The molecule has 2 aliphatic rings. The summed E-state index contributed by atoms with van der Waals surface area (Å²) in [6.07, 6.45) is -1.45. The summed E-state index contributed by atoms with van der Waals surface area (Å²) in [5, 5.41) is 14.5. The number of carbonyl (C=O) groups excluding carboxylic acids is 2. The van der Waals surface area contributed by atoms with Gasteiger partial charge in [-0.15, -0.1) is 0 Å². The van der Waals surface area contributed by atoms with E-state index in [4.69, 9.17) is 23.1 Å². The number of Topliss-reactive ketones (excluding diaryl/α,β-unsaturated/α-hetero) is 1. The normalized spacial score (nSPS) is 24.4. The second kappa shape index (κ2) is 15.0. The van der Waals surface area contributed by atoms with Gasteiger partial charge >= 0.3 is 5.97 Å². The average molecular weight is 731 g/mol. The predicted octanol–water partition coefficient (Wildman–Crippen LogP) is 6.43. The van der Waals surface area contributed by atoms with Crippen LogP contribution in [0, 0.1) is 5.92 Å². The molecule has 1 heterocycles. The number of aliphatic hydroxyl groups is 1. The van der Waals surface area contributed by atoms with Gasteiger partial charge in [0.25, 0.3) is 8.32 Å². The van der Waals surface area contributed by atoms with Crippen molar-refractivity contribution in [2.75, 3.05) is 20.3 Å². The van der Waals surface area contributed by atoms with E-state index in [1.54, 1.807) is 30.3 Å². The summed E-state index contributed by atoms with van der Waals surface area (Å²) in [4.78, 5) is 28.1. The van der Waals surface area contributed by atoms with Crippen molar-refractivity contribution in [2.45, 2.75) is 95.2 Å². The lowest BCUT2D eigenvalue weighted by Crippen LogP contribution is -2.69. The Morgan fingerprint density at radius 1 is 0.843 bits per heavy atom. The van der Waals surface area contributed by atoms with E-state index in [9.17, 15) is 14.7 Å². The molecule has 0 radical (unpaired) electrons. The minimum absolute atomic E-state index is 0.0904. The minimum Gasteiger partial charge on any atom is -0.455 e. The highest BCUT2D eigenvalue weighted by molar-refractivity contribution is 6.99. The zero-order valence-corrected chi connectivity index (χ0v) is 33.5. The van der Waals surface area contributed by atoms with E-state index in [-0.39, 0.29) is 30.5 Å². The number of esters is 1. The fraction of sp³-hybridized carbons (Fsp3) is 0.463. The van der Waals surface area contributed by atoms with Gasteiger partial charge in [0.15, 0.2) is 20.4 Å². The maximum absolute atomic E-state index is 14.2. The van der Waals surface area contributed by atoms with Gasteiger partial charge in [-0.2, -0.15) is 0 Å². The van der Waals surface area contributed by atoms with Gasteiger partial charge in [0, 0.05) is 19.1 Å². The van der Waals surface area contributed by atoms with Gasteiger partial charge in [-0.1, -0.05) is 120 Å². The molecule has 51 heavy (non-hydrogen) atoms. The Morgan fingerprint density at radius 2 is 1.37 bits per heavy atom. The first kappa shape index (κ1) is 39.0. The van der Waals surface area contributed by atoms with Crippen molar-refractivity contribution in [2.24, 2.45) is 5.92 Å². The smallest absolute Gasteiger partial charge is 0.338 e. The molecular formula is C41H54O8Si2. The van der Waals surface area contributed by atoms with Crippen molar-refractivity contribution in [1.82, 2.24) is 0 Å². The first-order valence-corrected chi connectivity index (χ1v) is 22.6. The van der Waals surface area contributed by atoms with Crippen LogP contribution in [0.4, 0.5) is 0 Å². The molecule has 5 atom stereocenters. The molecule has 1 N–H and O–H groups in total. The number of benzene rings is 3. The number of ether oxygens (including phenoxy) is 3. The maximum atomic E-state index is 14.2. The highest BCUT2D eigenvalue weighted by atomic mass is 28.4. The van der Waals surface area contributed by atoms with Crippen LogP contribution in [-0.4, -0.2) is 77.9 Å².